The predicted molar refractivity (Wildman–Crippen MR) is 86.5 cm³/mol. The van der Waals surface area contributed by atoms with Gasteiger partial charge in [-0.05, 0) is 22.6 Å². The Morgan fingerprint density at radius 1 is 0.952 bits per heavy atom. The molecule has 2 aromatic carbocycles. The Kier molecular flexibility index (Phi) is 2.45. The maximum absolute atomic E-state index is 12.9. The van der Waals surface area contributed by atoms with Crippen molar-refractivity contribution in [1.29, 1.82) is 0 Å². The number of benzene rings is 2. The molecule has 1 aliphatic rings. The maximum Gasteiger partial charge on any atom is 0.277 e. The molecule has 3 heteroatoms. The lowest BCUT2D eigenvalue weighted by atomic mass is 10.0. The summed E-state index contributed by atoms with van der Waals surface area (Å²) in [6, 6.07) is 16.3. The van der Waals surface area contributed by atoms with Gasteiger partial charge >= 0.3 is 0 Å². The van der Waals surface area contributed by atoms with E-state index in [1.807, 2.05) is 43.4 Å². The molecule has 0 bridgehead atoms. The molecule has 0 N–H and O–H groups in total. The van der Waals surface area contributed by atoms with Gasteiger partial charge in [-0.1, -0.05) is 42.5 Å². The molecular weight excluding hydrogens is 260 g/mol. The van der Waals surface area contributed by atoms with Crippen LogP contribution in [-0.2, 0) is 6.42 Å². The van der Waals surface area contributed by atoms with E-state index in [1.54, 1.807) is 4.68 Å². The van der Waals surface area contributed by atoms with Crippen LogP contribution in [0.2, 0.25) is 0 Å². The third-order valence-electron chi connectivity index (χ3n) is 4.21. The molecule has 0 amide bonds. The largest absolute Gasteiger partial charge is 0.316 e. The predicted octanol–water partition coefficient (Wildman–Crippen LogP) is 2.77. The van der Waals surface area contributed by atoms with E-state index in [4.69, 9.17) is 0 Å². The number of rotatable bonds is 1. The zero-order valence-corrected chi connectivity index (χ0v) is 12.1. The number of pyridine rings is 1. The van der Waals surface area contributed by atoms with Crippen LogP contribution in [0.4, 0.5) is 0 Å². The summed E-state index contributed by atoms with van der Waals surface area (Å²) in [6.45, 7) is 0. The van der Waals surface area contributed by atoms with Gasteiger partial charge in [0.2, 0.25) is 0 Å². The van der Waals surface area contributed by atoms with Crippen molar-refractivity contribution in [2.24, 2.45) is 0 Å². The van der Waals surface area contributed by atoms with Crippen molar-refractivity contribution in [2.45, 2.75) is 6.42 Å². The van der Waals surface area contributed by atoms with E-state index in [2.05, 4.69) is 24.3 Å². The van der Waals surface area contributed by atoms with Gasteiger partial charge in [-0.15, -0.1) is 0 Å². The molecule has 0 unspecified atom stereocenters. The van der Waals surface area contributed by atoms with E-state index in [0.717, 1.165) is 22.9 Å². The first-order chi connectivity index (χ1) is 10.2. The second kappa shape index (κ2) is 4.22. The fourth-order valence-electron chi connectivity index (χ4n) is 3.34. The lowest BCUT2D eigenvalue weighted by Crippen LogP contribution is -2.37. The van der Waals surface area contributed by atoms with Crippen molar-refractivity contribution >= 4 is 10.8 Å². The van der Waals surface area contributed by atoms with Gasteiger partial charge in [-0.3, -0.25) is 4.79 Å². The summed E-state index contributed by atoms with van der Waals surface area (Å²) in [4.78, 5) is 12.9. The van der Waals surface area contributed by atoms with Crippen LogP contribution in [0.5, 0.6) is 0 Å². The smallest absolute Gasteiger partial charge is 0.277 e. The first-order valence-corrected chi connectivity index (χ1v) is 7.11. The highest BCUT2D eigenvalue weighted by Crippen LogP contribution is 2.38. The van der Waals surface area contributed by atoms with Gasteiger partial charge in [0, 0.05) is 31.5 Å². The Balaban J connectivity index is 2.23. The Bertz CT molecular complexity index is 922. The van der Waals surface area contributed by atoms with Crippen LogP contribution in [0.25, 0.3) is 22.0 Å². The zero-order valence-electron chi connectivity index (χ0n) is 12.1. The molecular formula is C18H16N2O. The van der Waals surface area contributed by atoms with Crippen LogP contribution < -0.4 is 10.6 Å². The number of nitrogens with zero attached hydrogens (tertiary/aromatic N) is 2. The van der Waals surface area contributed by atoms with Gasteiger partial charge in [-0.2, -0.15) is 0 Å². The third-order valence-corrected chi connectivity index (χ3v) is 4.21. The molecule has 3 nitrogen and oxygen atoms in total. The first kappa shape index (κ1) is 12.2. The average molecular weight is 276 g/mol. The van der Waals surface area contributed by atoms with Crippen LogP contribution in [0.15, 0.2) is 53.3 Å². The van der Waals surface area contributed by atoms with E-state index in [9.17, 15) is 4.79 Å². The fraction of sp³-hybridized carbons (Fsp3) is 0.167. The minimum Gasteiger partial charge on any atom is -0.316 e. The molecule has 4 rings (SSSR count). The van der Waals surface area contributed by atoms with Crippen molar-refractivity contribution in [3.8, 4) is 11.3 Å². The minimum atomic E-state index is 0.0473. The van der Waals surface area contributed by atoms with Crippen LogP contribution in [0, 0.1) is 0 Å². The average Bonchev–Trinajstić information content (AvgIpc) is 2.87. The van der Waals surface area contributed by atoms with Crippen LogP contribution in [0.3, 0.4) is 0 Å². The lowest BCUT2D eigenvalue weighted by molar-refractivity contribution is 0.713. The summed E-state index contributed by atoms with van der Waals surface area (Å²) in [5.74, 6) is 0. The van der Waals surface area contributed by atoms with Crippen LogP contribution in [0.1, 0.15) is 11.1 Å². The van der Waals surface area contributed by atoms with E-state index < -0.39 is 0 Å². The van der Waals surface area contributed by atoms with Gasteiger partial charge in [0.05, 0.1) is 5.69 Å². The van der Waals surface area contributed by atoms with Crippen molar-refractivity contribution in [3.63, 3.8) is 0 Å². The second-order valence-electron chi connectivity index (χ2n) is 5.67. The molecule has 0 saturated carbocycles. The van der Waals surface area contributed by atoms with Gasteiger partial charge in [0.25, 0.3) is 5.56 Å². The molecule has 0 atom stereocenters. The maximum atomic E-state index is 12.9. The fourth-order valence-corrected chi connectivity index (χ4v) is 3.34. The number of aromatic nitrogens is 1. The highest BCUT2D eigenvalue weighted by Gasteiger charge is 2.26. The molecule has 1 aromatic heterocycles. The summed E-state index contributed by atoms with van der Waals surface area (Å²) in [5, 5.41) is 3.74. The van der Waals surface area contributed by atoms with E-state index in [0.29, 0.717) is 0 Å². The molecule has 0 radical (unpaired) electrons. The van der Waals surface area contributed by atoms with Gasteiger partial charge in [-0.25, -0.2) is 4.68 Å². The zero-order chi connectivity index (χ0) is 14.6. The second-order valence-corrected chi connectivity index (χ2v) is 5.67. The Morgan fingerprint density at radius 3 is 2.38 bits per heavy atom. The van der Waals surface area contributed by atoms with Crippen molar-refractivity contribution < 1.29 is 0 Å². The van der Waals surface area contributed by atoms with Gasteiger partial charge in [0.1, 0.15) is 0 Å². The summed E-state index contributed by atoms with van der Waals surface area (Å²) in [6.07, 6.45) is 0.889. The van der Waals surface area contributed by atoms with Crippen molar-refractivity contribution in [1.82, 2.24) is 4.68 Å². The number of hydrogen-bond acceptors (Lipinski definition) is 2. The van der Waals surface area contributed by atoms with Crippen LogP contribution >= 0.6 is 0 Å². The molecule has 1 heterocycles. The van der Waals surface area contributed by atoms with Crippen LogP contribution in [-0.4, -0.2) is 18.8 Å². The quantitative estimate of drug-likeness (QED) is 0.534. The highest BCUT2D eigenvalue weighted by atomic mass is 16.1. The Hall–Kier alpha value is -2.55. The topological polar surface area (TPSA) is 25.2 Å². The van der Waals surface area contributed by atoms with E-state index >= 15 is 0 Å². The van der Waals surface area contributed by atoms with Crippen molar-refractivity contribution in [3.05, 3.63) is 70.0 Å². The molecule has 0 aliphatic heterocycles. The molecule has 1 aliphatic carbocycles. The number of hydrogen-bond donors (Lipinski definition) is 0. The minimum absolute atomic E-state index is 0.0473. The summed E-state index contributed by atoms with van der Waals surface area (Å²) in [7, 11) is 3.83. The van der Waals surface area contributed by atoms with E-state index in [1.165, 1.54) is 16.7 Å². The molecule has 0 saturated heterocycles. The Labute approximate surface area is 123 Å². The Morgan fingerprint density at radius 2 is 1.62 bits per heavy atom. The first-order valence-electron chi connectivity index (χ1n) is 7.11. The lowest BCUT2D eigenvalue weighted by Gasteiger charge is -2.22. The molecule has 3 aromatic rings. The summed E-state index contributed by atoms with van der Waals surface area (Å²) >= 11 is 0. The van der Waals surface area contributed by atoms with Gasteiger partial charge < -0.3 is 5.01 Å². The summed E-state index contributed by atoms with van der Waals surface area (Å²) < 4.78 is 1.80. The van der Waals surface area contributed by atoms with Crippen molar-refractivity contribution in [2.75, 3.05) is 19.1 Å². The SMILES string of the molecule is CN(C)n1c2c(c3ccccc3c1=O)Cc1ccccc1-2. The highest BCUT2D eigenvalue weighted by molar-refractivity contribution is 5.93. The third kappa shape index (κ3) is 1.57. The molecule has 21 heavy (non-hydrogen) atoms. The summed E-state index contributed by atoms with van der Waals surface area (Å²) in [5.41, 5.74) is 4.80. The molecule has 0 spiro atoms. The van der Waals surface area contributed by atoms with E-state index in [-0.39, 0.29) is 5.56 Å². The number of fused-ring (bicyclic) bond motifs is 5. The normalized spacial score (nSPS) is 12.3. The monoisotopic (exact) mass is 276 g/mol. The molecule has 0 fully saturated rings. The van der Waals surface area contributed by atoms with Gasteiger partial charge in [0.15, 0.2) is 0 Å². The molecule has 104 valence electrons. The standard InChI is InChI=1S/C18H16N2O/c1-19(2)20-17-13-8-4-3-7-12(13)11-16(17)14-9-5-6-10-15(14)18(20)21/h3-10H,11H2,1-2H3.